The van der Waals surface area contributed by atoms with Crippen LogP contribution in [0.1, 0.15) is 11.1 Å². The van der Waals surface area contributed by atoms with Crippen LogP contribution in [0, 0.1) is 6.92 Å². The average Bonchev–Trinajstić information content (AvgIpc) is 2.37. The summed E-state index contributed by atoms with van der Waals surface area (Å²) >= 11 is 7.53. The minimum absolute atomic E-state index is 0.424. The predicted molar refractivity (Wildman–Crippen MR) is 84.0 cm³/mol. The molecule has 1 saturated heterocycles. The number of benzene rings is 1. The van der Waals surface area contributed by atoms with Crippen molar-refractivity contribution in [3.8, 4) is 0 Å². The second-order valence-electron chi connectivity index (χ2n) is 4.81. The van der Waals surface area contributed by atoms with Crippen molar-refractivity contribution >= 4 is 38.9 Å². The Balaban J connectivity index is 2.38. The molecule has 0 saturated carbocycles. The number of thioether (sulfide) groups is 1. The van der Waals surface area contributed by atoms with Crippen LogP contribution in [0.15, 0.2) is 18.2 Å². The van der Waals surface area contributed by atoms with Gasteiger partial charge >= 0.3 is 0 Å². The van der Waals surface area contributed by atoms with Crippen LogP contribution in [0.3, 0.4) is 0 Å². The van der Waals surface area contributed by atoms with E-state index in [2.05, 4.69) is 0 Å². The van der Waals surface area contributed by atoms with Crippen molar-refractivity contribution in [2.45, 2.75) is 18.2 Å². The average molecular weight is 320 g/mol. The molecule has 1 aliphatic heterocycles. The van der Waals surface area contributed by atoms with E-state index in [1.165, 1.54) is 6.26 Å². The quantitative estimate of drug-likeness (QED) is 0.803. The second-order valence-corrected chi connectivity index (χ2v) is 8.43. The van der Waals surface area contributed by atoms with E-state index in [4.69, 9.17) is 11.6 Å². The summed E-state index contributed by atoms with van der Waals surface area (Å²) in [5, 5.41) is -0.424. The maximum atomic E-state index is 11.9. The molecule has 0 aromatic heterocycles. The van der Waals surface area contributed by atoms with Gasteiger partial charge in [0, 0.05) is 35.9 Å². The molecule has 2 rings (SSSR count). The minimum atomic E-state index is -3.08. The summed E-state index contributed by atoms with van der Waals surface area (Å²) in [6.07, 6.45) is 1.32. The molecule has 1 unspecified atom stereocenters. The Morgan fingerprint density at radius 1 is 1.47 bits per heavy atom. The fourth-order valence-corrected chi connectivity index (χ4v) is 5.33. The van der Waals surface area contributed by atoms with Gasteiger partial charge < -0.3 is 4.90 Å². The Morgan fingerprint density at radius 2 is 2.21 bits per heavy atom. The third-order valence-corrected chi connectivity index (χ3v) is 6.26. The van der Waals surface area contributed by atoms with Crippen LogP contribution >= 0.6 is 23.4 Å². The first-order valence-electron chi connectivity index (χ1n) is 6.12. The van der Waals surface area contributed by atoms with Gasteiger partial charge in [0.25, 0.3) is 0 Å². The molecule has 0 amide bonds. The van der Waals surface area contributed by atoms with E-state index in [-0.39, 0.29) is 0 Å². The molecule has 0 aliphatic carbocycles. The lowest BCUT2D eigenvalue weighted by molar-refractivity contribution is 0.584. The normalized spacial score (nSPS) is 20.6. The minimum Gasteiger partial charge on any atom is -0.353 e. The van der Waals surface area contributed by atoms with Crippen LogP contribution in [0.25, 0.3) is 0 Å². The molecule has 1 aliphatic rings. The molecule has 19 heavy (non-hydrogen) atoms. The SMILES string of the molecule is Cc1cc(CCl)ccc1N1CCSCC1S(C)(=O)=O. The number of sulfone groups is 1. The molecule has 1 heterocycles. The van der Waals surface area contributed by atoms with E-state index in [9.17, 15) is 8.42 Å². The molecular weight excluding hydrogens is 302 g/mol. The van der Waals surface area contributed by atoms with Gasteiger partial charge in [-0.25, -0.2) is 8.42 Å². The van der Waals surface area contributed by atoms with Gasteiger partial charge in [0.15, 0.2) is 9.84 Å². The summed E-state index contributed by atoms with van der Waals surface area (Å²) in [5.41, 5.74) is 3.15. The van der Waals surface area contributed by atoms with Crippen LogP contribution in [0.5, 0.6) is 0 Å². The lowest BCUT2D eigenvalue weighted by Crippen LogP contribution is -2.47. The molecule has 3 nitrogen and oxygen atoms in total. The molecule has 0 spiro atoms. The zero-order chi connectivity index (χ0) is 14.0. The van der Waals surface area contributed by atoms with Gasteiger partial charge in [0.05, 0.1) is 0 Å². The smallest absolute Gasteiger partial charge is 0.169 e. The Hall–Kier alpha value is -0.390. The van der Waals surface area contributed by atoms with Gasteiger partial charge in [-0.05, 0) is 24.1 Å². The highest BCUT2D eigenvalue weighted by Crippen LogP contribution is 2.30. The van der Waals surface area contributed by atoms with E-state index < -0.39 is 15.2 Å². The topological polar surface area (TPSA) is 37.4 Å². The number of anilines is 1. The monoisotopic (exact) mass is 319 g/mol. The summed E-state index contributed by atoms with van der Waals surface area (Å²) in [4.78, 5) is 2.01. The van der Waals surface area contributed by atoms with E-state index in [0.717, 1.165) is 29.1 Å². The molecule has 106 valence electrons. The van der Waals surface area contributed by atoms with E-state index in [1.807, 2.05) is 30.0 Å². The summed E-state index contributed by atoms with van der Waals surface area (Å²) in [6, 6.07) is 5.99. The van der Waals surface area contributed by atoms with E-state index in [1.54, 1.807) is 11.8 Å². The van der Waals surface area contributed by atoms with Crippen molar-refractivity contribution in [2.75, 3.05) is 29.2 Å². The van der Waals surface area contributed by atoms with Crippen molar-refractivity contribution in [2.24, 2.45) is 0 Å². The standard InChI is InChI=1S/C13H18ClNO2S2/c1-10-7-11(8-14)3-4-12(10)15-5-6-18-9-13(15)19(2,16)17/h3-4,7,13H,5-6,8-9H2,1-2H3. The summed E-state index contributed by atoms with van der Waals surface area (Å²) in [5.74, 6) is 2.07. The summed E-state index contributed by atoms with van der Waals surface area (Å²) in [7, 11) is -3.08. The fourth-order valence-electron chi connectivity index (χ4n) is 2.33. The third kappa shape index (κ3) is 3.38. The largest absolute Gasteiger partial charge is 0.353 e. The van der Waals surface area contributed by atoms with Gasteiger partial charge in [-0.15, -0.1) is 11.6 Å². The number of rotatable bonds is 3. The van der Waals surface area contributed by atoms with Gasteiger partial charge in [-0.3, -0.25) is 0 Å². The highest BCUT2D eigenvalue weighted by molar-refractivity contribution is 8.01. The van der Waals surface area contributed by atoms with Gasteiger partial charge in [-0.2, -0.15) is 11.8 Å². The number of hydrogen-bond donors (Lipinski definition) is 0. The van der Waals surface area contributed by atoms with E-state index >= 15 is 0 Å². The van der Waals surface area contributed by atoms with Crippen LogP contribution in [-0.4, -0.2) is 38.1 Å². The number of hydrogen-bond acceptors (Lipinski definition) is 4. The lowest BCUT2D eigenvalue weighted by atomic mass is 10.1. The van der Waals surface area contributed by atoms with Crippen molar-refractivity contribution in [3.05, 3.63) is 29.3 Å². The van der Waals surface area contributed by atoms with E-state index in [0.29, 0.717) is 11.6 Å². The van der Waals surface area contributed by atoms with Gasteiger partial charge in [0.2, 0.25) is 0 Å². The van der Waals surface area contributed by atoms with Crippen LogP contribution in [0.4, 0.5) is 5.69 Å². The van der Waals surface area contributed by atoms with Crippen molar-refractivity contribution in [1.82, 2.24) is 0 Å². The lowest BCUT2D eigenvalue weighted by Gasteiger charge is -2.36. The number of alkyl halides is 1. The number of halogens is 1. The molecular formula is C13H18ClNO2S2. The Kier molecular flexibility index (Phi) is 4.69. The molecule has 1 aromatic rings. The molecule has 1 aromatic carbocycles. The van der Waals surface area contributed by atoms with Crippen LogP contribution in [0.2, 0.25) is 0 Å². The van der Waals surface area contributed by atoms with Gasteiger partial charge in [-0.1, -0.05) is 12.1 Å². The van der Waals surface area contributed by atoms with Gasteiger partial charge in [0.1, 0.15) is 5.37 Å². The fraction of sp³-hybridized carbons (Fsp3) is 0.538. The van der Waals surface area contributed by atoms with Crippen molar-refractivity contribution in [3.63, 3.8) is 0 Å². The summed E-state index contributed by atoms with van der Waals surface area (Å²) in [6.45, 7) is 2.77. The highest BCUT2D eigenvalue weighted by Gasteiger charge is 2.31. The Labute approximate surface area is 124 Å². The molecule has 0 radical (unpaired) electrons. The molecule has 0 bridgehead atoms. The first kappa shape index (κ1) is 15.0. The maximum Gasteiger partial charge on any atom is 0.169 e. The molecule has 6 heteroatoms. The molecule has 0 N–H and O–H groups in total. The highest BCUT2D eigenvalue weighted by atomic mass is 35.5. The Morgan fingerprint density at radius 3 is 2.79 bits per heavy atom. The first-order chi connectivity index (χ1) is 8.93. The molecule has 1 fully saturated rings. The number of nitrogens with zero attached hydrogens (tertiary/aromatic N) is 1. The van der Waals surface area contributed by atoms with Crippen molar-refractivity contribution < 1.29 is 8.42 Å². The third-order valence-electron chi connectivity index (χ3n) is 3.30. The maximum absolute atomic E-state index is 11.9. The van der Waals surface area contributed by atoms with Crippen molar-refractivity contribution in [1.29, 1.82) is 0 Å². The Bertz CT molecular complexity index is 560. The number of aryl methyl sites for hydroxylation is 1. The predicted octanol–water partition coefficient (Wildman–Crippen LogP) is 2.66. The van der Waals surface area contributed by atoms with Crippen LogP contribution in [-0.2, 0) is 15.7 Å². The first-order valence-corrected chi connectivity index (χ1v) is 9.76. The second kappa shape index (κ2) is 5.94. The zero-order valence-electron chi connectivity index (χ0n) is 11.1. The zero-order valence-corrected chi connectivity index (χ0v) is 13.5. The summed E-state index contributed by atoms with van der Waals surface area (Å²) < 4.78 is 23.9. The molecule has 1 atom stereocenters. The van der Waals surface area contributed by atoms with Crippen LogP contribution < -0.4 is 4.90 Å².